The van der Waals surface area contributed by atoms with Gasteiger partial charge in [0, 0.05) is 10.4 Å². The van der Waals surface area contributed by atoms with Crippen molar-refractivity contribution in [2.75, 3.05) is 11.9 Å². The molecule has 1 unspecified atom stereocenters. The molecule has 0 aliphatic heterocycles. The Morgan fingerprint density at radius 3 is 2.88 bits per heavy atom. The second-order valence-electron chi connectivity index (χ2n) is 3.95. The first-order valence-electron chi connectivity index (χ1n) is 5.50. The third-order valence-electron chi connectivity index (χ3n) is 2.48. The van der Waals surface area contributed by atoms with Gasteiger partial charge in [-0.05, 0) is 53.5 Å². The van der Waals surface area contributed by atoms with Crippen molar-refractivity contribution in [3.8, 4) is 0 Å². The average Bonchev–Trinajstić information content (AvgIpc) is 2.29. The van der Waals surface area contributed by atoms with Crippen LogP contribution in [0.25, 0.3) is 0 Å². The summed E-state index contributed by atoms with van der Waals surface area (Å²) < 4.78 is 13.4. The highest BCUT2D eigenvalue weighted by Crippen LogP contribution is 2.23. The first-order valence-corrected chi connectivity index (χ1v) is 6.30. The molecule has 0 saturated heterocycles. The lowest BCUT2D eigenvalue weighted by Crippen LogP contribution is -2.21. The van der Waals surface area contributed by atoms with E-state index in [1.165, 1.54) is 18.2 Å². The molecule has 0 aliphatic rings. The lowest BCUT2D eigenvalue weighted by Gasteiger charge is -2.12. The third-order valence-corrected chi connectivity index (χ3v) is 3.13. The zero-order valence-electron chi connectivity index (χ0n) is 9.67. The van der Waals surface area contributed by atoms with E-state index >= 15 is 0 Å². The molecule has 5 heteroatoms. The smallest absolute Gasteiger partial charge is 0.227 e. The van der Waals surface area contributed by atoms with Gasteiger partial charge in [-0.1, -0.05) is 6.92 Å². The highest BCUT2D eigenvalue weighted by atomic mass is 79.9. The van der Waals surface area contributed by atoms with Gasteiger partial charge in [0.25, 0.3) is 0 Å². The molecule has 0 spiro atoms. The minimum Gasteiger partial charge on any atom is -0.330 e. The number of nitrogens with one attached hydrogen (secondary N) is 1. The molecule has 94 valence electrons. The van der Waals surface area contributed by atoms with Crippen LogP contribution in [0.15, 0.2) is 22.7 Å². The molecule has 0 saturated carbocycles. The van der Waals surface area contributed by atoms with Gasteiger partial charge in [-0.3, -0.25) is 4.79 Å². The number of hydrogen-bond donors (Lipinski definition) is 2. The summed E-state index contributed by atoms with van der Waals surface area (Å²) in [6, 6.07) is 4.16. The highest BCUT2D eigenvalue weighted by molar-refractivity contribution is 9.10. The van der Waals surface area contributed by atoms with Crippen LogP contribution >= 0.6 is 15.9 Å². The number of anilines is 1. The quantitative estimate of drug-likeness (QED) is 0.879. The molecule has 3 N–H and O–H groups in total. The molecule has 1 aromatic rings. The van der Waals surface area contributed by atoms with E-state index in [4.69, 9.17) is 5.73 Å². The van der Waals surface area contributed by atoms with Crippen molar-refractivity contribution in [1.82, 2.24) is 0 Å². The Hall–Kier alpha value is -0.940. The Labute approximate surface area is 109 Å². The van der Waals surface area contributed by atoms with E-state index in [9.17, 15) is 9.18 Å². The Bertz CT molecular complexity index is 398. The van der Waals surface area contributed by atoms with E-state index in [0.717, 1.165) is 12.8 Å². The summed E-state index contributed by atoms with van der Waals surface area (Å²) in [5, 5.41) is 2.75. The van der Waals surface area contributed by atoms with Crippen molar-refractivity contribution in [3.05, 3.63) is 28.5 Å². The molecule has 1 aromatic carbocycles. The van der Waals surface area contributed by atoms with Gasteiger partial charge >= 0.3 is 0 Å². The van der Waals surface area contributed by atoms with E-state index < -0.39 is 0 Å². The number of carbonyl (C=O) groups excluding carboxylic acids is 1. The van der Waals surface area contributed by atoms with Crippen molar-refractivity contribution in [2.24, 2.45) is 11.7 Å². The summed E-state index contributed by atoms with van der Waals surface area (Å²) in [6.07, 6.45) is 1.57. The second-order valence-corrected chi connectivity index (χ2v) is 4.80. The number of nitrogens with two attached hydrogens (primary N) is 1. The first kappa shape index (κ1) is 14.1. The van der Waals surface area contributed by atoms with E-state index in [1.54, 1.807) is 0 Å². The minimum absolute atomic E-state index is 0.0780. The van der Waals surface area contributed by atoms with Crippen LogP contribution in [0.4, 0.5) is 10.1 Å². The maximum absolute atomic E-state index is 12.9. The van der Waals surface area contributed by atoms with Crippen LogP contribution in [-0.2, 0) is 4.79 Å². The molecule has 0 aromatic heterocycles. The van der Waals surface area contributed by atoms with E-state index in [2.05, 4.69) is 21.2 Å². The van der Waals surface area contributed by atoms with Crippen LogP contribution in [-0.4, -0.2) is 12.5 Å². The van der Waals surface area contributed by atoms with Crippen molar-refractivity contribution < 1.29 is 9.18 Å². The minimum atomic E-state index is -0.342. The Morgan fingerprint density at radius 2 is 2.29 bits per heavy atom. The molecular weight excluding hydrogens is 287 g/mol. The number of amides is 1. The fraction of sp³-hybridized carbons (Fsp3) is 0.417. The summed E-state index contributed by atoms with van der Waals surface area (Å²) in [7, 11) is 0. The average molecular weight is 303 g/mol. The van der Waals surface area contributed by atoms with Crippen molar-refractivity contribution >= 4 is 27.5 Å². The summed E-state index contributed by atoms with van der Waals surface area (Å²) in [6.45, 7) is 2.43. The molecule has 1 amide bonds. The fourth-order valence-electron chi connectivity index (χ4n) is 1.40. The van der Waals surface area contributed by atoms with Crippen molar-refractivity contribution in [2.45, 2.75) is 19.8 Å². The van der Waals surface area contributed by atoms with E-state index in [1.807, 2.05) is 6.92 Å². The molecule has 1 rings (SSSR count). The standard InChI is InChI=1S/C12H16BrFN2O/c1-8(3-2-6-15)12(17)16-11-5-4-9(14)7-10(11)13/h4-5,7-8H,2-3,6,15H2,1H3,(H,16,17). The predicted molar refractivity (Wildman–Crippen MR) is 70.2 cm³/mol. The molecule has 3 nitrogen and oxygen atoms in total. The number of halogens is 2. The van der Waals surface area contributed by atoms with Gasteiger partial charge < -0.3 is 11.1 Å². The highest BCUT2D eigenvalue weighted by Gasteiger charge is 2.13. The van der Waals surface area contributed by atoms with Gasteiger partial charge in [-0.15, -0.1) is 0 Å². The van der Waals surface area contributed by atoms with Gasteiger partial charge in [0.15, 0.2) is 0 Å². The number of hydrogen-bond acceptors (Lipinski definition) is 2. The Balaban J connectivity index is 2.61. The number of rotatable bonds is 5. The lowest BCUT2D eigenvalue weighted by molar-refractivity contribution is -0.119. The van der Waals surface area contributed by atoms with Crippen LogP contribution in [0.5, 0.6) is 0 Å². The molecule has 0 heterocycles. The van der Waals surface area contributed by atoms with E-state index in [-0.39, 0.29) is 17.6 Å². The third kappa shape index (κ3) is 4.44. The van der Waals surface area contributed by atoms with Crippen LogP contribution in [0.2, 0.25) is 0 Å². The molecule has 0 radical (unpaired) electrons. The first-order chi connectivity index (χ1) is 8.04. The largest absolute Gasteiger partial charge is 0.330 e. The Morgan fingerprint density at radius 1 is 1.59 bits per heavy atom. The van der Waals surface area contributed by atoms with Crippen LogP contribution in [0.3, 0.4) is 0 Å². The zero-order valence-corrected chi connectivity index (χ0v) is 11.3. The lowest BCUT2D eigenvalue weighted by atomic mass is 10.0. The number of carbonyl (C=O) groups is 1. The summed E-state index contributed by atoms with van der Waals surface area (Å²) in [4.78, 5) is 11.8. The molecule has 0 aliphatic carbocycles. The maximum Gasteiger partial charge on any atom is 0.227 e. The van der Waals surface area contributed by atoms with Crippen LogP contribution in [0.1, 0.15) is 19.8 Å². The predicted octanol–water partition coefficient (Wildman–Crippen LogP) is 2.90. The van der Waals surface area contributed by atoms with Crippen molar-refractivity contribution in [1.29, 1.82) is 0 Å². The maximum atomic E-state index is 12.9. The topological polar surface area (TPSA) is 55.1 Å². The molecule has 17 heavy (non-hydrogen) atoms. The van der Waals surface area contributed by atoms with Crippen LogP contribution < -0.4 is 11.1 Å². The second kappa shape index (κ2) is 6.71. The fourth-order valence-corrected chi connectivity index (χ4v) is 1.85. The van der Waals surface area contributed by atoms with Gasteiger partial charge in [-0.25, -0.2) is 4.39 Å². The van der Waals surface area contributed by atoms with Crippen molar-refractivity contribution in [3.63, 3.8) is 0 Å². The van der Waals surface area contributed by atoms with Crippen LogP contribution in [0, 0.1) is 11.7 Å². The van der Waals surface area contributed by atoms with Gasteiger partial charge in [-0.2, -0.15) is 0 Å². The normalized spacial score (nSPS) is 12.2. The molecule has 1 atom stereocenters. The summed E-state index contributed by atoms with van der Waals surface area (Å²) in [5.74, 6) is -0.521. The number of benzene rings is 1. The van der Waals surface area contributed by atoms with E-state index in [0.29, 0.717) is 16.7 Å². The SMILES string of the molecule is CC(CCCN)C(=O)Nc1ccc(F)cc1Br. The monoisotopic (exact) mass is 302 g/mol. The molecule has 0 fully saturated rings. The summed E-state index contributed by atoms with van der Waals surface area (Å²) >= 11 is 3.20. The van der Waals surface area contributed by atoms with Gasteiger partial charge in [0.1, 0.15) is 5.82 Å². The molecule has 0 bridgehead atoms. The van der Waals surface area contributed by atoms with Gasteiger partial charge in [0.2, 0.25) is 5.91 Å². The summed E-state index contributed by atoms with van der Waals surface area (Å²) in [5.41, 5.74) is 5.97. The zero-order chi connectivity index (χ0) is 12.8. The molecular formula is C12H16BrFN2O. The van der Waals surface area contributed by atoms with Gasteiger partial charge in [0.05, 0.1) is 5.69 Å². The Kier molecular flexibility index (Phi) is 5.58.